The van der Waals surface area contributed by atoms with E-state index in [1.54, 1.807) is 61.5 Å². The molecule has 0 saturated carbocycles. The fourth-order valence-corrected chi connectivity index (χ4v) is 4.66. The van der Waals surface area contributed by atoms with Crippen LogP contribution in [0.1, 0.15) is 5.56 Å². The maximum atomic E-state index is 13.4. The highest BCUT2D eigenvalue weighted by atomic mass is 35.5. The van der Waals surface area contributed by atoms with Crippen molar-refractivity contribution in [3.8, 4) is 5.75 Å². The summed E-state index contributed by atoms with van der Waals surface area (Å²) in [4.78, 5) is 12.8. The molecule has 0 aliphatic carbocycles. The fourth-order valence-electron chi connectivity index (χ4n) is 2.88. The molecule has 3 rings (SSSR count). The van der Waals surface area contributed by atoms with Crippen molar-refractivity contribution in [1.82, 2.24) is 0 Å². The molecule has 3 aromatic rings. The average Bonchev–Trinajstić information content (AvgIpc) is 2.75. The van der Waals surface area contributed by atoms with Crippen LogP contribution in [0.5, 0.6) is 5.75 Å². The summed E-state index contributed by atoms with van der Waals surface area (Å²) in [7, 11) is -2.55. The van der Waals surface area contributed by atoms with Gasteiger partial charge in [0.2, 0.25) is 5.91 Å². The van der Waals surface area contributed by atoms with Gasteiger partial charge in [-0.3, -0.25) is 9.10 Å². The standard InChI is InChI=1S/C22H20Cl2N2O4S/c1-15-13-17(24)5-12-21(15)25-22(27)14-26(18-6-3-16(23)4-7-18)31(28,29)20-10-8-19(30-2)9-11-20/h3-13H,14H2,1-2H3,(H,25,27). The van der Waals surface area contributed by atoms with Crippen molar-refractivity contribution in [2.75, 3.05) is 23.3 Å². The Balaban J connectivity index is 1.94. The zero-order valence-electron chi connectivity index (χ0n) is 16.8. The van der Waals surface area contributed by atoms with Gasteiger partial charge in [0.05, 0.1) is 17.7 Å². The first-order chi connectivity index (χ1) is 14.7. The van der Waals surface area contributed by atoms with Crippen molar-refractivity contribution in [2.24, 2.45) is 0 Å². The topological polar surface area (TPSA) is 75.7 Å². The van der Waals surface area contributed by atoms with Gasteiger partial charge in [-0.05, 0) is 79.2 Å². The van der Waals surface area contributed by atoms with Crippen molar-refractivity contribution < 1.29 is 17.9 Å². The molecule has 0 atom stereocenters. The Morgan fingerprint density at radius 2 is 1.58 bits per heavy atom. The summed E-state index contributed by atoms with van der Waals surface area (Å²) in [5.41, 5.74) is 1.62. The predicted molar refractivity (Wildman–Crippen MR) is 124 cm³/mol. The van der Waals surface area contributed by atoms with E-state index in [9.17, 15) is 13.2 Å². The minimum absolute atomic E-state index is 0.0266. The first-order valence-corrected chi connectivity index (χ1v) is 11.4. The number of carbonyl (C=O) groups excluding carboxylic acids is 1. The number of rotatable bonds is 7. The van der Waals surface area contributed by atoms with Crippen LogP contribution in [0.2, 0.25) is 10.0 Å². The zero-order valence-corrected chi connectivity index (χ0v) is 19.1. The molecule has 0 aliphatic rings. The summed E-state index contributed by atoms with van der Waals surface area (Å²) < 4.78 is 32.9. The van der Waals surface area contributed by atoms with E-state index in [0.717, 1.165) is 9.87 Å². The number of hydrogen-bond donors (Lipinski definition) is 1. The Morgan fingerprint density at radius 1 is 0.968 bits per heavy atom. The van der Waals surface area contributed by atoms with Crippen molar-refractivity contribution in [3.63, 3.8) is 0 Å². The number of anilines is 2. The maximum absolute atomic E-state index is 13.4. The molecule has 9 heteroatoms. The van der Waals surface area contributed by atoms with E-state index in [2.05, 4.69) is 5.32 Å². The van der Waals surface area contributed by atoms with E-state index in [-0.39, 0.29) is 4.90 Å². The molecule has 0 saturated heterocycles. The molecule has 0 radical (unpaired) electrons. The Labute approximate surface area is 191 Å². The summed E-state index contributed by atoms with van der Waals surface area (Å²) in [5, 5.41) is 3.73. The van der Waals surface area contributed by atoms with E-state index in [4.69, 9.17) is 27.9 Å². The molecule has 0 aromatic heterocycles. The Morgan fingerprint density at radius 3 is 2.16 bits per heavy atom. The van der Waals surface area contributed by atoms with Crippen LogP contribution >= 0.6 is 23.2 Å². The third-order valence-corrected chi connectivity index (χ3v) is 6.79. The van der Waals surface area contributed by atoms with Gasteiger partial charge in [-0.15, -0.1) is 0 Å². The predicted octanol–water partition coefficient (Wildman–Crippen LogP) is 5.14. The number of aryl methyl sites for hydroxylation is 1. The maximum Gasteiger partial charge on any atom is 0.264 e. The monoisotopic (exact) mass is 478 g/mol. The zero-order chi connectivity index (χ0) is 22.6. The summed E-state index contributed by atoms with van der Waals surface area (Å²) in [6, 6.07) is 17.2. The molecule has 162 valence electrons. The Kier molecular flexibility index (Phi) is 7.10. The average molecular weight is 479 g/mol. The Bertz CT molecular complexity index is 1180. The van der Waals surface area contributed by atoms with E-state index >= 15 is 0 Å². The lowest BCUT2D eigenvalue weighted by Gasteiger charge is -2.24. The van der Waals surface area contributed by atoms with Crippen LogP contribution in [0.25, 0.3) is 0 Å². The fraction of sp³-hybridized carbons (Fsp3) is 0.136. The number of hydrogen-bond acceptors (Lipinski definition) is 4. The molecule has 0 aliphatic heterocycles. The lowest BCUT2D eigenvalue weighted by Crippen LogP contribution is -2.38. The van der Waals surface area contributed by atoms with E-state index in [0.29, 0.717) is 27.2 Å². The molecule has 0 heterocycles. The SMILES string of the molecule is COc1ccc(S(=O)(=O)N(CC(=O)Nc2ccc(Cl)cc2C)c2ccc(Cl)cc2)cc1. The minimum atomic E-state index is -4.04. The first-order valence-electron chi connectivity index (χ1n) is 9.19. The van der Waals surface area contributed by atoms with E-state index < -0.39 is 22.5 Å². The van der Waals surface area contributed by atoms with E-state index in [1.165, 1.54) is 19.2 Å². The molecular weight excluding hydrogens is 459 g/mol. The van der Waals surface area contributed by atoms with Gasteiger partial charge < -0.3 is 10.1 Å². The molecule has 6 nitrogen and oxygen atoms in total. The molecule has 0 unspecified atom stereocenters. The van der Waals surface area contributed by atoms with Gasteiger partial charge in [0.1, 0.15) is 12.3 Å². The number of nitrogens with zero attached hydrogens (tertiary/aromatic N) is 1. The summed E-state index contributed by atoms with van der Waals surface area (Å²) in [5.74, 6) is 0.0189. The molecule has 0 fully saturated rings. The van der Waals surface area contributed by atoms with Crippen molar-refractivity contribution in [3.05, 3.63) is 82.3 Å². The van der Waals surface area contributed by atoms with Crippen LogP contribution in [-0.4, -0.2) is 28.0 Å². The van der Waals surface area contributed by atoms with Gasteiger partial charge in [-0.1, -0.05) is 23.2 Å². The summed E-state index contributed by atoms with van der Waals surface area (Å²) in [6.07, 6.45) is 0. The first kappa shape index (κ1) is 22.9. The molecule has 1 amide bonds. The number of amides is 1. The lowest BCUT2D eigenvalue weighted by molar-refractivity contribution is -0.114. The second-order valence-corrected chi connectivity index (χ2v) is 9.41. The number of sulfonamides is 1. The van der Waals surface area contributed by atoms with Crippen LogP contribution in [0.4, 0.5) is 11.4 Å². The molecule has 31 heavy (non-hydrogen) atoms. The van der Waals surface area contributed by atoms with Gasteiger partial charge in [-0.2, -0.15) is 0 Å². The van der Waals surface area contributed by atoms with Gasteiger partial charge in [0.25, 0.3) is 10.0 Å². The quantitative estimate of drug-likeness (QED) is 0.509. The van der Waals surface area contributed by atoms with Gasteiger partial charge >= 0.3 is 0 Å². The third kappa shape index (κ3) is 5.50. The highest BCUT2D eigenvalue weighted by molar-refractivity contribution is 7.92. The molecule has 0 spiro atoms. The van der Waals surface area contributed by atoms with Crippen LogP contribution in [-0.2, 0) is 14.8 Å². The van der Waals surface area contributed by atoms with Crippen LogP contribution < -0.4 is 14.4 Å². The number of halogens is 2. The van der Waals surface area contributed by atoms with Crippen LogP contribution in [0.3, 0.4) is 0 Å². The number of methoxy groups -OCH3 is 1. The molecule has 3 aromatic carbocycles. The van der Waals surface area contributed by atoms with Crippen LogP contribution in [0, 0.1) is 6.92 Å². The minimum Gasteiger partial charge on any atom is -0.497 e. The largest absolute Gasteiger partial charge is 0.497 e. The van der Waals surface area contributed by atoms with Gasteiger partial charge in [-0.25, -0.2) is 8.42 Å². The Hall–Kier alpha value is -2.74. The highest BCUT2D eigenvalue weighted by Crippen LogP contribution is 2.27. The number of ether oxygens (including phenoxy) is 1. The third-order valence-electron chi connectivity index (χ3n) is 4.51. The number of nitrogens with one attached hydrogen (secondary N) is 1. The molecule has 0 bridgehead atoms. The van der Waals surface area contributed by atoms with Gasteiger partial charge in [0, 0.05) is 15.7 Å². The lowest BCUT2D eigenvalue weighted by atomic mass is 10.2. The smallest absolute Gasteiger partial charge is 0.264 e. The van der Waals surface area contributed by atoms with Crippen molar-refractivity contribution in [1.29, 1.82) is 0 Å². The van der Waals surface area contributed by atoms with Gasteiger partial charge in [0.15, 0.2) is 0 Å². The molecule has 1 N–H and O–H groups in total. The molecular formula is C22H20Cl2N2O4S. The van der Waals surface area contributed by atoms with E-state index in [1.807, 2.05) is 0 Å². The number of carbonyl (C=O) groups is 1. The number of benzene rings is 3. The second kappa shape index (κ2) is 9.60. The normalized spacial score (nSPS) is 11.1. The van der Waals surface area contributed by atoms with Crippen LogP contribution in [0.15, 0.2) is 71.6 Å². The second-order valence-electron chi connectivity index (χ2n) is 6.67. The van der Waals surface area contributed by atoms with Crippen molar-refractivity contribution in [2.45, 2.75) is 11.8 Å². The highest BCUT2D eigenvalue weighted by Gasteiger charge is 2.27. The summed E-state index contributed by atoms with van der Waals surface area (Å²) >= 11 is 11.9. The van der Waals surface area contributed by atoms with Crippen molar-refractivity contribution >= 4 is 50.5 Å². The summed E-state index contributed by atoms with van der Waals surface area (Å²) in [6.45, 7) is 1.37.